The summed E-state index contributed by atoms with van der Waals surface area (Å²) in [4.78, 5) is 44.8. The third-order valence-corrected chi connectivity index (χ3v) is 8.32. The standard InChI is InChI=1S/C16H26N2O16P2/c19-4-8-12(23)13(24)14(25)15(32-8)33-36(29,30)34-35(27,28)31-5-6-3-7(11(22)10(6)21)18-2-1-9(20)17-16(18)26/h1-2,6-8,10-15,19,21-25H,3-5H2,(H,27,28)(H,29,30)(H,17,20,26)/t6-,7-,8-,10-,11+,12-,13+,14-,15-/m1/s1. The summed E-state index contributed by atoms with van der Waals surface area (Å²) in [6.45, 7) is -1.69. The molecule has 0 bridgehead atoms. The second kappa shape index (κ2) is 11.2. The Morgan fingerprint density at radius 1 is 1.00 bits per heavy atom. The molecule has 1 aliphatic heterocycles. The van der Waals surface area contributed by atoms with Crippen LogP contribution in [0.4, 0.5) is 0 Å². The van der Waals surface area contributed by atoms with Gasteiger partial charge in [-0.25, -0.2) is 13.9 Å². The first-order valence-electron chi connectivity index (χ1n) is 10.3. The van der Waals surface area contributed by atoms with Gasteiger partial charge in [0.25, 0.3) is 5.56 Å². The molecule has 1 aromatic heterocycles. The van der Waals surface area contributed by atoms with Gasteiger partial charge in [-0.3, -0.25) is 23.4 Å². The highest BCUT2D eigenvalue weighted by Gasteiger charge is 2.49. The molecule has 3 rings (SSSR count). The zero-order chi connectivity index (χ0) is 27.0. The number of aliphatic hydroxyl groups excluding tert-OH is 6. The molecule has 20 heteroatoms. The van der Waals surface area contributed by atoms with Crippen LogP contribution in [0.25, 0.3) is 0 Å². The van der Waals surface area contributed by atoms with E-state index in [1.54, 1.807) is 0 Å². The van der Waals surface area contributed by atoms with Gasteiger partial charge in [0.05, 0.1) is 25.4 Å². The molecule has 2 fully saturated rings. The van der Waals surface area contributed by atoms with Crippen molar-refractivity contribution in [3.8, 4) is 0 Å². The van der Waals surface area contributed by atoms with E-state index >= 15 is 0 Å². The number of aliphatic hydroxyl groups is 6. The van der Waals surface area contributed by atoms with Gasteiger partial charge in [-0.05, 0) is 6.42 Å². The zero-order valence-corrected chi connectivity index (χ0v) is 19.9. The molecule has 2 aliphatic rings. The smallest absolute Gasteiger partial charge is 0.394 e. The molecule has 9 N–H and O–H groups in total. The van der Waals surface area contributed by atoms with E-state index in [9.17, 15) is 54.0 Å². The fourth-order valence-electron chi connectivity index (χ4n) is 3.88. The van der Waals surface area contributed by atoms with Crippen LogP contribution in [0.2, 0.25) is 0 Å². The average molecular weight is 564 g/mol. The number of hydrogen-bond donors (Lipinski definition) is 9. The minimum atomic E-state index is -5.55. The quantitative estimate of drug-likeness (QED) is 0.129. The van der Waals surface area contributed by atoms with E-state index in [-0.39, 0.29) is 6.42 Å². The van der Waals surface area contributed by atoms with Gasteiger partial charge in [-0.15, -0.1) is 0 Å². The molecule has 206 valence electrons. The molecule has 1 aliphatic carbocycles. The monoisotopic (exact) mass is 564 g/mol. The van der Waals surface area contributed by atoms with E-state index in [1.165, 1.54) is 0 Å². The molecule has 0 aromatic carbocycles. The number of hydrogen-bond acceptors (Lipinski definition) is 14. The highest BCUT2D eigenvalue weighted by Crippen LogP contribution is 2.61. The highest BCUT2D eigenvalue weighted by atomic mass is 31.3. The minimum absolute atomic E-state index is 0.174. The van der Waals surface area contributed by atoms with Crippen LogP contribution >= 0.6 is 15.6 Å². The van der Waals surface area contributed by atoms with Crippen LogP contribution in [-0.2, 0) is 27.2 Å². The van der Waals surface area contributed by atoms with Crippen LogP contribution in [0.5, 0.6) is 0 Å². The molecule has 0 radical (unpaired) electrons. The van der Waals surface area contributed by atoms with E-state index < -0.39 is 95.0 Å². The second-order valence-electron chi connectivity index (χ2n) is 8.18. The molecule has 11 atom stereocenters. The third kappa shape index (κ3) is 6.56. The third-order valence-electron chi connectivity index (χ3n) is 5.72. The number of H-pyrrole nitrogens is 1. The molecular weight excluding hydrogens is 538 g/mol. The van der Waals surface area contributed by atoms with Crippen LogP contribution in [0.15, 0.2) is 21.9 Å². The molecule has 0 amide bonds. The van der Waals surface area contributed by atoms with Gasteiger partial charge in [-0.2, -0.15) is 4.31 Å². The fraction of sp³-hybridized carbons (Fsp3) is 0.750. The Labute approximate surface area is 201 Å². The summed E-state index contributed by atoms with van der Waals surface area (Å²) in [6, 6.07) is -0.0377. The minimum Gasteiger partial charge on any atom is -0.394 e. The lowest BCUT2D eigenvalue weighted by atomic mass is 10.00. The van der Waals surface area contributed by atoms with Crippen molar-refractivity contribution in [3.05, 3.63) is 33.1 Å². The first-order chi connectivity index (χ1) is 16.7. The van der Waals surface area contributed by atoms with E-state index in [1.807, 2.05) is 4.98 Å². The predicted octanol–water partition coefficient (Wildman–Crippen LogP) is -4.13. The Hall–Kier alpha value is -1.34. The molecule has 1 saturated heterocycles. The van der Waals surface area contributed by atoms with Crippen molar-refractivity contribution >= 4 is 15.6 Å². The SMILES string of the molecule is O=c1ccn([C@@H]2C[C@H](COP(=O)(O)OP(=O)(O)O[C@H]3O[C@H](CO)[C@@H](O)[C@H](O)[C@H]3O)[C@@H](O)[C@H]2O)c(=O)[nH]1. The van der Waals surface area contributed by atoms with E-state index in [4.69, 9.17) is 9.84 Å². The Bertz CT molecular complexity index is 1120. The average Bonchev–Trinajstić information content (AvgIpc) is 3.06. The van der Waals surface area contributed by atoms with Crippen molar-refractivity contribution in [2.45, 2.75) is 55.4 Å². The second-order valence-corrected chi connectivity index (χ2v) is 11.2. The Morgan fingerprint density at radius 3 is 2.28 bits per heavy atom. The number of aromatic amines is 1. The molecular formula is C16H26N2O16P2. The van der Waals surface area contributed by atoms with Crippen molar-refractivity contribution < 1.29 is 67.7 Å². The van der Waals surface area contributed by atoms with E-state index in [0.29, 0.717) is 0 Å². The maximum atomic E-state index is 12.2. The topological polar surface area (TPSA) is 288 Å². The molecule has 2 unspecified atom stereocenters. The lowest BCUT2D eigenvalue weighted by molar-refractivity contribution is -0.280. The summed E-state index contributed by atoms with van der Waals surface area (Å²) in [5.41, 5.74) is -1.56. The van der Waals surface area contributed by atoms with Crippen LogP contribution in [0, 0.1) is 5.92 Å². The van der Waals surface area contributed by atoms with Crippen molar-refractivity contribution in [3.63, 3.8) is 0 Å². The number of nitrogens with one attached hydrogen (secondary N) is 1. The van der Waals surface area contributed by atoms with Gasteiger partial charge >= 0.3 is 21.3 Å². The fourth-order valence-corrected chi connectivity index (χ4v) is 6.08. The first kappa shape index (κ1) is 29.2. The van der Waals surface area contributed by atoms with Gasteiger partial charge in [0.2, 0.25) is 0 Å². The Kier molecular flexibility index (Phi) is 9.08. The number of phosphoric acid groups is 2. The summed E-state index contributed by atoms with van der Waals surface area (Å²) in [6.07, 6.45) is -11.8. The molecule has 36 heavy (non-hydrogen) atoms. The maximum absolute atomic E-state index is 12.2. The normalized spacial score (nSPS) is 38.4. The molecule has 2 heterocycles. The Balaban J connectivity index is 1.61. The summed E-state index contributed by atoms with van der Waals surface area (Å²) in [5.74, 6) is -1.07. The van der Waals surface area contributed by atoms with E-state index in [2.05, 4.69) is 13.4 Å². The van der Waals surface area contributed by atoms with Gasteiger partial charge in [0.1, 0.15) is 30.5 Å². The number of aromatic nitrogens is 2. The van der Waals surface area contributed by atoms with Crippen LogP contribution in [0.1, 0.15) is 12.5 Å². The number of ether oxygens (including phenoxy) is 1. The van der Waals surface area contributed by atoms with Crippen molar-refractivity contribution in [1.29, 1.82) is 0 Å². The van der Waals surface area contributed by atoms with Gasteiger partial charge < -0.3 is 45.2 Å². The zero-order valence-electron chi connectivity index (χ0n) is 18.2. The summed E-state index contributed by atoms with van der Waals surface area (Å²) < 4.78 is 43.4. The molecule has 1 aromatic rings. The lowest BCUT2D eigenvalue weighted by Gasteiger charge is -2.39. The highest BCUT2D eigenvalue weighted by molar-refractivity contribution is 7.61. The van der Waals surface area contributed by atoms with Crippen LogP contribution in [0.3, 0.4) is 0 Å². The number of phosphoric ester groups is 2. The van der Waals surface area contributed by atoms with Gasteiger partial charge in [-0.1, -0.05) is 0 Å². The van der Waals surface area contributed by atoms with Gasteiger partial charge in [0, 0.05) is 18.2 Å². The summed E-state index contributed by atoms with van der Waals surface area (Å²) in [7, 11) is -11.0. The van der Waals surface area contributed by atoms with Crippen LogP contribution < -0.4 is 11.2 Å². The van der Waals surface area contributed by atoms with Gasteiger partial charge in [0.15, 0.2) is 6.29 Å². The predicted molar refractivity (Wildman–Crippen MR) is 112 cm³/mol. The largest absolute Gasteiger partial charge is 0.483 e. The maximum Gasteiger partial charge on any atom is 0.483 e. The van der Waals surface area contributed by atoms with E-state index in [0.717, 1.165) is 16.8 Å². The summed E-state index contributed by atoms with van der Waals surface area (Å²) >= 11 is 0. The van der Waals surface area contributed by atoms with Crippen LogP contribution in [-0.4, -0.2) is 106 Å². The van der Waals surface area contributed by atoms with Crippen molar-refractivity contribution in [2.24, 2.45) is 5.92 Å². The molecule has 1 saturated carbocycles. The number of nitrogens with zero attached hydrogens (tertiary/aromatic N) is 1. The number of rotatable bonds is 9. The Morgan fingerprint density at radius 2 is 1.67 bits per heavy atom. The van der Waals surface area contributed by atoms with Crippen molar-refractivity contribution in [1.82, 2.24) is 9.55 Å². The molecule has 18 nitrogen and oxygen atoms in total. The first-order valence-corrected chi connectivity index (χ1v) is 13.3. The lowest BCUT2D eigenvalue weighted by Crippen LogP contribution is -2.58. The molecule has 0 spiro atoms. The van der Waals surface area contributed by atoms with Crippen molar-refractivity contribution in [2.75, 3.05) is 13.2 Å². The summed E-state index contributed by atoms with van der Waals surface area (Å²) in [5, 5.41) is 58.9.